The van der Waals surface area contributed by atoms with Crippen LogP contribution in [0, 0.1) is 11.3 Å². The summed E-state index contributed by atoms with van der Waals surface area (Å²) in [6, 6.07) is 16.2. The van der Waals surface area contributed by atoms with Gasteiger partial charge in [0.2, 0.25) is 12.7 Å². The smallest absolute Gasteiger partial charge is 0.231 e. The molecule has 1 aliphatic carbocycles. The van der Waals surface area contributed by atoms with Gasteiger partial charge < -0.3 is 19.9 Å². The number of rotatable bonds is 1. The Kier molecular flexibility index (Phi) is 3.19. The lowest BCUT2D eigenvalue weighted by atomic mass is 9.76. The number of allylic oxidation sites excluding steroid dienone is 2. The summed E-state index contributed by atoms with van der Waals surface area (Å²) < 4.78 is 16.8. The van der Waals surface area contributed by atoms with Crippen molar-refractivity contribution in [3.63, 3.8) is 0 Å². The van der Waals surface area contributed by atoms with E-state index in [2.05, 4.69) is 12.1 Å². The molecule has 2 N–H and O–H groups in total. The first-order valence-corrected chi connectivity index (χ1v) is 8.54. The van der Waals surface area contributed by atoms with Crippen LogP contribution in [-0.4, -0.2) is 6.79 Å². The maximum atomic E-state index is 9.73. The quantitative estimate of drug-likeness (QED) is 0.855. The average molecular weight is 344 g/mol. The van der Waals surface area contributed by atoms with Crippen molar-refractivity contribution in [2.75, 3.05) is 6.79 Å². The van der Waals surface area contributed by atoms with Gasteiger partial charge in [-0.15, -0.1) is 0 Å². The molecule has 0 amide bonds. The van der Waals surface area contributed by atoms with Crippen LogP contribution in [0.2, 0.25) is 0 Å². The first kappa shape index (κ1) is 14.9. The minimum Gasteiger partial charge on any atom is -0.454 e. The second-order valence-electron chi connectivity index (χ2n) is 6.55. The van der Waals surface area contributed by atoms with Gasteiger partial charge in [0, 0.05) is 11.5 Å². The third-order valence-electron chi connectivity index (χ3n) is 5.18. The molecule has 0 radical (unpaired) electrons. The molecule has 2 heterocycles. The Hall–Kier alpha value is -3.39. The molecule has 3 aliphatic rings. The van der Waals surface area contributed by atoms with E-state index in [4.69, 9.17) is 19.9 Å². The van der Waals surface area contributed by atoms with E-state index in [1.165, 1.54) is 5.56 Å². The highest BCUT2D eigenvalue weighted by molar-refractivity contribution is 5.74. The van der Waals surface area contributed by atoms with Crippen molar-refractivity contribution in [2.45, 2.75) is 18.8 Å². The minimum atomic E-state index is -0.230. The predicted octanol–water partition coefficient (Wildman–Crippen LogP) is 3.58. The summed E-state index contributed by atoms with van der Waals surface area (Å²) in [5, 5.41) is 9.73. The lowest BCUT2D eigenvalue weighted by Crippen LogP contribution is -2.23. The maximum absolute atomic E-state index is 9.73. The van der Waals surface area contributed by atoms with E-state index >= 15 is 0 Å². The average Bonchev–Trinajstić information content (AvgIpc) is 3.14. The van der Waals surface area contributed by atoms with Crippen molar-refractivity contribution in [2.24, 2.45) is 5.73 Å². The molecule has 128 valence electrons. The summed E-state index contributed by atoms with van der Waals surface area (Å²) >= 11 is 0. The molecule has 5 rings (SSSR count). The van der Waals surface area contributed by atoms with Crippen LogP contribution in [0.1, 0.15) is 29.0 Å². The van der Waals surface area contributed by atoms with Gasteiger partial charge in [0.25, 0.3) is 0 Å². The number of hydrogen-bond donors (Lipinski definition) is 1. The number of nitrogens with zero attached hydrogens (tertiary/aromatic N) is 1. The topological polar surface area (TPSA) is 77.5 Å². The number of ether oxygens (including phenoxy) is 3. The van der Waals surface area contributed by atoms with Crippen molar-refractivity contribution in [1.29, 1.82) is 5.26 Å². The highest BCUT2D eigenvalue weighted by Gasteiger charge is 2.36. The van der Waals surface area contributed by atoms with Gasteiger partial charge in [-0.1, -0.05) is 30.3 Å². The normalized spacial score (nSPS) is 20.2. The fourth-order valence-corrected chi connectivity index (χ4v) is 3.97. The molecule has 0 bridgehead atoms. The summed E-state index contributed by atoms with van der Waals surface area (Å²) in [4.78, 5) is 0. The van der Waals surface area contributed by atoms with Crippen molar-refractivity contribution in [3.8, 4) is 17.6 Å². The van der Waals surface area contributed by atoms with E-state index in [0.29, 0.717) is 11.3 Å². The van der Waals surface area contributed by atoms with E-state index in [0.717, 1.165) is 41.1 Å². The third-order valence-corrected chi connectivity index (χ3v) is 5.18. The van der Waals surface area contributed by atoms with E-state index < -0.39 is 0 Å². The van der Waals surface area contributed by atoms with Gasteiger partial charge in [-0.05, 0) is 41.7 Å². The Labute approximate surface area is 150 Å². The lowest BCUT2D eigenvalue weighted by molar-refractivity contribution is 0.174. The van der Waals surface area contributed by atoms with Gasteiger partial charge in [-0.25, -0.2) is 0 Å². The van der Waals surface area contributed by atoms with Crippen LogP contribution in [0.4, 0.5) is 0 Å². The van der Waals surface area contributed by atoms with E-state index in [1.807, 2.05) is 36.4 Å². The molecule has 2 aromatic rings. The number of fused-ring (bicyclic) bond motifs is 3. The van der Waals surface area contributed by atoms with E-state index in [-0.39, 0.29) is 18.6 Å². The maximum Gasteiger partial charge on any atom is 0.231 e. The molecule has 0 saturated carbocycles. The monoisotopic (exact) mass is 344 g/mol. The number of nitrogens with two attached hydrogens (primary N) is 1. The summed E-state index contributed by atoms with van der Waals surface area (Å²) in [5.74, 6) is 2.14. The van der Waals surface area contributed by atoms with Crippen LogP contribution in [0.25, 0.3) is 5.76 Å². The number of hydrogen-bond acceptors (Lipinski definition) is 5. The Morgan fingerprint density at radius 1 is 1.04 bits per heavy atom. The van der Waals surface area contributed by atoms with Crippen molar-refractivity contribution in [1.82, 2.24) is 0 Å². The fraction of sp³-hybridized carbons (Fsp3) is 0.190. The first-order valence-electron chi connectivity index (χ1n) is 8.54. The van der Waals surface area contributed by atoms with Crippen LogP contribution in [-0.2, 0) is 11.2 Å². The van der Waals surface area contributed by atoms with E-state index in [9.17, 15) is 5.26 Å². The second kappa shape index (κ2) is 5.57. The second-order valence-corrected chi connectivity index (χ2v) is 6.55. The summed E-state index contributed by atoms with van der Waals surface area (Å²) in [5.41, 5.74) is 10.9. The number of nitriles is 1. The van der Waals surface area contributed by atoms with Crippen molar-refractivity contribution in [3.05, 3.63) is 76.2 Å². The molecule has 1 atom stereocenters. The van der Waals surface area contributed by atoms with E-state index in [1.54, 1.807) is 0 Å². The largest absolute Gasteiger partial charge is 0.454 e. The lowest BCUT2D eigenvalue weighted by Gasteiger charge is -2.33. The predicted molar refractivity (Wildman–Crippen MR) is 94.9 cm³/mol. The molecule has 0 saturated heterocycles. The molecule has 2 aliphatic heterocycles. The highest BCUT2D eigenvalue weighted by Crippen LogP contribution is 2.48. The molecule has 2 aromatic carbocycles. The Morgan fingerprint density at radius 2 is 1.88 bits per heavy atom. The number of aryl methyl sites for hydroxylation is 1. The summed E-state index contributed by atoms with van der Waals surface area (Å²) in [6.07, 6.45) is 1.74. The molecule has 5 heteroatoms. The van der Waals surface area contributed by atoms with Crippen molar-refractivity contribution >= 4 is 5.76 Å². The fourth-order valence-electron chi connectivity index (χ4n) is 3.97. The highest BCUT2D eigenvalue weighted by atomic mass is 16.7. The molecular weight excluding hydrogens is 328 g/mol. The van der Waals surface area contributed by atoms with Gasteiger partial charge in [0.05, 0.1) is 0 Å². The standard InChI is InChI=1S/C21H16N2O3/c22-10-16-19(13-6-8-17-18(9-13)25-11-24-17)15-7-5-12-3-1-2-4-14(12)20(15)26-21(16)23/h1-4,6,8-9,19H,5,7,11,23H2. The Balaban J connectivity index is 1.70. The van der Waals surface area contributed by atoms with Crippen LogP contribution in [0.3, 0.4) is 0 Å². The molecule has 0 aromatic heterocycles. The number of benzene rings is 2. The van der Waals surface area contributed by atoms with Gasteiger partial charge in [0.15, 0.2) is 11.5 Å². The molecule has 1 unspecified atom stereocenters. The SMILES string of the molecule is N#CC1=C(N)OC2=C(CCc3ccccc32)C1c1ccc2c(c1)OCO2. The summed E-state index contributed by atoms with van der Waals surface area (Å²) in [6.45, 7) is 0.219. The van der Waals surface area contributed by atoms with Gasteiger partial charge >= 0.3 is 0 Å². The van der Waals surface area contributed by atoms with Gasteiger partial charge in [-0.2, -0.15) is 5.26 Å². The molecule has 0 spiro atoms. The molecule has 0 fully saturated rings. The van der Waals surface area contributed by atoms with Crippen LogP contribution < -0.4 is 15.2 Å². The third kappa shape index (κ3) is 2.09. The van der Waals surface area contributed by atoms with Crippen LogP contribution in [0.5, 0.6) is 11.5 Å². The Bertz CT molecular complexity index is 1030. The molecular formula is C21H16N2O3. The molecule has 5 nitrogen and oxygen atoms in total. The first-order chi connectivity index (χ1) is 12.8. The zero-order valence-corrected chi connectivity index (χ0v) is 14.0. The van der Waals surface area contributed by atoms with Gasteiger partial charge in [-0.3, -0.25) is 0 Å². The summed E-state index contributed by atoms with van der Waals surface area (Å²) in [7, 11) is 0. The Morgan fingerprint density at radius 3 is 2.77 bits per heavy atom. The molecule has 26 heavy (non-hydrogen) atoms. The van der Waals surface area contributed by atoms with Crippen LogP contribution in [0.15, 0.2) is 59.5 Å². The van der Waals surface area contributed by atoms with Crippen LogP contribution >= 0.6 is 0 Å². The van der Waals surface area contributed by atoms with Crippen molar-refractivity contribution < 1.29 is 14.2 Å². The van der Waals surface area contributed by atoms with Gasteiger partial charge in [0.1, 0.15) is 17.4 Å². The minimum absolute atomic E-state index is 0.172. The zero-order valence-electron chi connectivity index (χ0n) is 14.0. The zero-order chi connectivity index (χ0) is 17.7.